The van der Waals surface area contributed by atoms with Crippen LogP contribution < -0.4 is 14.4 Å². The highest BCUT2D eigenvalue weighted by Gasteiger charge is 2.32. The van der Waals surface area contributed by atoms with Gasteiger partial charge in [-0.1, -0.05) is 71.2 Å². The van der Waals surface area contributed by atoms with Crippen molar-refractivity contribution >= 4 is 55.1 Å². The van der Waals surface area contributed by atoms with Crippen LogP contribution in [0.5, 0.6) is 5.75 Å². The number of rotatable bonds is 13. The van der Waals surface area contributed by atoms with Crippen molar-refractivity contribution in [2.24, 2.45) is 0 Å². The number of benzene rings is 3. The summed E-state index contributed by atoms with van der Waals surface area (Å²) in [5.41, 5.74) is 0.964. The summed E-state index contributed by atoms with van der Waals surface area (Å²) < 4.78 is 34.7. The Hall–Kier alpha value is -3.08. The van der Waals surface area contributed by atoms with E-state index in [-0.39, 0.29) is 28.1 Å². The van der Waals surface area contributed by atoms with Gasteiger partial charge in [-0.2, -0.15) is 0 Å². The molecule has 0 aliphatic carbocycles. The Balaban J connectivity index is 2.02. The fourth-order valence-corrected chi connectivity index (χ4v) is 6.14. The predicted molar refractivity (Wildman–Crippen MR) is 161 cm³/mol. The van der Waals surface area contributed by atoms with Crippen LogP contribution in [0.25, 0.3) is 0 Å². The molecule has 0 saturated heterocycles. The van der Waals surface area contributed by atoms with Gasteiger partial charge in [-0.25, -0.2) is 8.42 Å². The highest BCUT2D eigenvalue weighted by Crippen LogP contribution is 2.32. The maximum Gasteiger partial charge on any atom is 0.264 e. The fourth-order valence-electron chi connectivity index (χ4n) is 4.01. The Bertz CT molecular complexity index is 1420. The summed E-state index contributed by atoms with van der Waals surface area (Å²) in [7, 11) is -2.73. The van der Waals surface area contributed by atoms with Crippen molar-refractivity contribution in [3.05, 3.63) is 87.9 Å². The highest BCUT2D eigenvalue weighted by atomic mass is 79.9. The number of hydrogen-bond donors (Lipinski definition) is 1. The lowest BCUT2D eigenvalue weighted by molar-refractivity contribution is -0.139. The van der Waals surface area contributed by atoms with E-state index >= 15 is 0 Å². The quantitative estimate of drug-likeness (QED) is 0.242. The zero-order chi connectivity index (χ0) is 29.3. The smallest absolute Gasteiger partial charge is 0.264 e. The molecule has 214 valence electrons. The van der Waals surface area contributed by atoms with Crippen LogP contribution in [-0.2, 0) is 26.2 Å². The third-order valence-electron chi connectivity index (χ3n) is 6.27. The van der Waals surface area contributed by atoms with Crippen LogP contribution in [0.2, 0.25) is 5.02 Å². The Morgan fingerprint density at radius 3 is 2.40 bits per heavy atom. The number of nitrogens with zero attached hydrogens (tertiary/aromatic N) is 2. The van der Waals surface area contributed by atoms with Crippen molar-refractivity contribution in [1.82, 2.24) is 10.2 Å². The third-order valence-corrected chi connectivity index (χ3v) is 8.85. The number of carbonyl (C=O) groups is 2. The molecule has 1 N–H and O–H groups in total. The molecular weight excluding hydrogens is 618 g/mol. The van der Waals surface area contributed by atoms with Gasteiger partial charge < -0.3 is 15.0 Å². The van der Waals surface area contributed by atoms with Gasteiger partial charge in [-0.05, 0) is 61.4 Å². The van der Waals surface area contributed by atoms with Gasteiger partial charge in [0.1, 0.15) is 18.3 Å². The molecule has 3 aromatic carbocycles. The van der Waals surface area contributed by atoms with E-state index in [1.54, 1.807) is 31.2 Å². The minimum Gasteiger partial charge on any atom is -0.495 e. The second-order valence-electron chi connectivity index (χ2n) is 9.12. The number of nitrogens with one attached hydrogen (secondary N) is 1. The van der Waals surface area contributed by atoms with Crippen LogP contribution in [-0.4, -0.2) is 51.4 Å². The summed E-state index contributed by atoms with van der Waals surface area (Å²) in [4.78, 5) is 28.4. The molecule has 0 spiro atoms. The highest BCUT2D eigenvalue weighted by molar-refractivity contribution is 9.10. The molecule has 0 aromatic heterocycles. The first-order valence-corrected chi connectivity index (χ1v) is 15.4. The SMILES string of the molecule is CCCCNC(=O)[C@H](C)N(Cc1cccc(Br)c1)C(=O)CN(c1ccc(OC)c(Cl)c1)S(=O)(=O)c1ccccc1. The summed E-state index contributed by atoms with van der Waals surface area (Å²) in [6.45, 7) is 3.68. The Labute approximate surface area is 249 Å². The standard InChI is InChI=1S/C29H33BrClN3O5S/c1-4-5-16-32-29(36)21(2)33(19-22-10-9-11-23(30)17-22)28(35)20-34(24-14-15-27(39-3)26(31)18-24)40(37,38)25-12-7-6-8-13-25/h6-15,17-18,21H,4-5,16,19-20H2,1-3H3,(H,32,36)/t21-/m0/s1. The average molecular weight is 651 g/mol. The van der Waals surface area contributed by atoms with Crippen molar-refractivity contribution in [1.29, 1.82) is 0 Å². The van der Waals surface area contributed by atoms with Crippen LogP contribution >= 0.6 is 27.5 Å². The number of sulfonamides is 1. The first-order valence-electron chi connectivity index (χ1n) is 12.8. The van der Waals surface area contributed by atoms with Crippen LogP contribution in [0.4, 0.5) is 5.69 Å². The average Bonchev–Trinajstić information content (AvgIpc) is 2.94. The maximum absolute atomic E-state index is 13.9. The molecule has 0 saturated carbocycles. The molecule has 40 heavy (non-hydrogen) atoms. The predicted octanol–water partition coefficient (Wildman–Crippen LogP) is 5.64. The molecule has 0 radical (unpaired) electrons. The van der Waals surface area contributed by atoms with Gasteiger partial charge in [0.05, 0.1) is 22.7 Å². The molecule has 1 atom stereocenters. The van der Waals surface area contributed by atoms with E-state index in [0.717, 1.165) is 27.2 Å². The van der Waals surface area contributed by atoms with Crippen LogP contribution in [0.3, 0.4) is 0 Å². The van der Waals surface area contributed by atoms with E-state index in [1.165, 1.54) is 36.3 Å². The van der Waals surface area contributed by atoms with E-state index in [9.17, 15) is 18.0 Å². The number of carbonyl (C=O) groups excluding carboxylic acids is 2. The Morgan fingerprint density at radius 2 is 1.77 bits per heavy atom. The maximum atomic E-state index is 13.9. The lowest BCUT2D eigenvalue weighted by Crippen LogP contribution is -2.51. The van der Waals surface area contributed by atoms with Gasteiger partial charge in [-0.3, -0.25) is 13.9 Å². The Morgan fingerprint density at radius 1 is 1.05 bits per heavy atom. The zero-order valence-electron chi connectivity index (χ0n) is 22.6. The number of halogens is 2. The van der Waals surface area contributed by atoms with E-state index in [0.29, 0.717) is 12.3 Å². The summed E-state index contributed by atoms with van der Waals surface area (Å²) in [6.07, 6.45) is 1.71. The molecule has 0 heterocycles. The van der Waals surface area contributed by atoms with E-state index < -0.39 is 28.5 Å². The zero-order valence-corrected chi connectivity index (χ0v) is 25.8. The van der Waals surface area contributed by atoms with Crippen molar-refractivity contribution in [2.75, 3.05) is 24.5 Å². The van der Waals surface area contributed by atoms with Gasteiger partial charge in [0, 0.05) is 17.6 Å². The normalized spacial score (nSPS) is 11.9. The molecule has 0 aliphatic heterocycles. The minimum absolute atomic E-state index is 0.0126. The lowest BCUT2D eigenvalue weighted by Gasteiger charge is -2.32. The minimum atomic E-state index is -4.18. The number of methoxy groups -OCH3 is 1. The van der Waals surface area contributed by atoms with Crippen LogP contribution in [0, 0.1) is 0 Å². The van der Waals surface area contributed by atoms with Crippen molar-refractivity contribution < 1.29 is 22.7 Å². The number of amides is 2. The monoisotopic (exact) mass is 649 g/mol. The second kappa shape index (κ2) is 14.5. The summed E-state index contributed by atoms with van der Waals surface area (Å²) in [5, 5.41) is 3.06. The molecule has 3 rings (SSSR count). The molecule has 3 aromatic rings. The van der Waals surface area contributed by atoms with Crippen LogP contribution in [0.15, 0.2) is 82.2 Å². The van der Waals surface area contributed by atoms with Gasteiger partial charge in [0.15, 0.2) is 0 Å². The molecule has 2 amide bonds. The summed E-state index contributed by atoms with van der Waals surface area (Å²) in [6, 6.07) is 18.9. The van der Waals surface area contributed by atoms with Gasteiger partial charge in [-0.15, -0.1) is 0 Å². The summed E-state index contributed by atoms with van der Waals surface area (Å²) in [5.74, 6) is -0.506. The lowest BCUT2D eigenvalue weighted by atomic mass is 10.1. The molecular formula is C29H33BrClN3O5S. The second-order valence-corrected chi connectivity index (χ2v) is 12.3. The number of unbranched alkanes of at least 4 members (excludes halogenated alkanes) is 1. The topological polar surface area (TPSA) is 96.0 Å². The van der Waals surface area contributed by atoms with E-state index in [4.69, 9.17) is 16.3 Å². The van der Waals surface area contributed by atoms with Crippen molar-refractivity contribution in [3.8, 4) is 5.75 Å². The first-order chi connectivity index (χ1) is 19.1. The number of anilines is 1. The third kappa shape index (κ3) is 7.99. The Kier molecular flexibility index (Phi) is 11.4. The molecule has 8 nitrogen and oxygen atoms in total. The molecule has 0 fully saturated rings. The van der Waals surface area contributed by atoms with Gasteiger partial charge in [0.2, 0.25) is 11.8 Å². The molecule has 0 bridgehead atoms. The van der Waals surface area contributed by atoms with Gasteiger partial charge >= 0.3 is 0 Å². The first kappa shape index (κ1) is 31.4. The number of ether oxygens (including phenoxy) is 1. The fraction of sp³-hybridized carbons (Fsp3) is 0.310. The van der Waals surface area contributed by atoms with E-state index in [2.05, 4.69) is 21.2 Å². The van der Waals surface area contributed by atoms with Crippen molar-refractivity contribution in [3.63, 3.8) is 0 Å². The van der Waals surface area contributed by atoms with Gasteiger partial charge in [0.25, 0.3) is 10.0 Å². The van der Waals surface area contributed by atoms with Crippen LogP contribution in [0.1, 0.15) is 32.3 Å². The largest absolute Gasteiger partial charge is 0.495 e. The molecule has 0 aliphatic rings. The van der Waals surface area contributed by atoms with Crippen molar-refractivity contribution in [2.45, 2.75) is 44.2 Å². The van der Waals surface area contributed by atoms with E-state index in [1.807, 2.05) is 31.2 Å². The molecule has 11 heteroatoms. The molecule has 0 unspecified atom stereocenters. The number of hydrogen-bond acceptors (Lipinski definition) is 5. The summed E-state index contributed by atoms with van der Waals surface area (Å²) >= 11 is 9.79.